The average molecular weight is 302 g/mol. The molecule has 96 valence electrons. The standard InChI is InChI=1S/C14H16O3S.K/c1-2-3-6-11-9-12-7-4-5-8-13(12)14(10-11)18(15,16)17;/h4-5,7-10H,2-3,6H2,1H3,(H,15,16,17);/q;+1/p-1. The summed E-state index contributed by atoms with van der Waals surface area (Å²) in [5.41, 5.74) is 0.907. The summed E-state index contributed by atoms with van der Waals surface area (Å²) < 4.78 is 34.0. The van der Waals surface area contributed by atoms with Crippen LogP contribution < -0.4 is 51.4 Å². The molecule has 19 heavy (non-hydrogen) atoms. The van der Waals surface area contributed by atoms with Crippen LogP contribution in [0.5, 0.6) is 0 Å². The number of hydrogen-bond donors (Lipinski definition) is 0. The number of unbranched alkanes of at least 4 members (excludes halogenated alkanes) is 1. The third-order valence-corrected chi connectivity index (χ3v) is 3.85. The fraction of sp³-hybridized carbons (Fsp3) is 0.286. The molecule has 2 aromatic carbocycles. The Kier molecular flexibility index (Phi) is 6.66. The van der Waals surface area contributed by atoms with Crippen molar-refractivity contribution in [3.8, 4) is 0 Å². The molecule has 5 heteroatoms. The van der Waals surface area contributed by atoms with Gasteiger partial charge >= 0.3 is 51.4 Å². The summed E-state index contributed by atoms with van der Waals surface area (Å²) in [7, 11) is -4.43. The van der Waals surface area contributed by atoms with E-state index in [1.165, 1.54) is 6.07 Å². The minimum atomic E-state index is -4.43. The SMILES string of the molecule is CCCCc1cc(S(=O)(=O)[O-])c2ccccc2c1.[K+]. The normalized spacial score (nSPS) is 11.3. The van der Waals surface area contributed by atoms with Gasteiger partial charge in [0.1, 0.15) is 10.1 Å². The monoisotopic (exact) mass is 302 g/mol. The van der Waals surface area contributed by atoms with Gasteiger partial charge < -0.3 is 4.55 Å². The number of aryl methyl sites for hydroxylation is 1. The number of rotatable bonds is 4. The van der Waals surface area contributed by atoms with E-state index in [1.54, 1.807) is 12.1 Å². The summed E-state index contributed by atoms with van der Waals surface area (Å²) in [6.45, 7) is 2.08. The van der Waals surface area contributed by atoms with Gasteiger partial charge in [-0.1, -0.05) is 43.7 Å². The molecule has 0 unspecified atom stereocenters. The van der Waals surface area contributed by atoms with Crippen LogP contribution >= 0.6 is 0 Å². The first kappa shape index (κ1) is 17.3. The van der Waals surface area contributed by atoms with Crippen molar-refractivity contribution in [2.24, 2.45) is 0 Å². The van der Waals surface area contributed by atoms with Crippen molar-refractivity contribution in [2.45, 2.75) is 31.1 Å². The Balaban J connectivity index is 0.00000180. The van der Waals surface area contributed by atoms with Crippen LogP contribution in [0.2, 0.25) is 0 Å². The minimum Gasteiger partial charge on any atom is -0.744 e. The number of benzene rings is 2. The van der Waals surface area contributed by atoms with Crippen molar-refractivity contribution in [2.75, 3.05) is 0 Å². The smallest absolute Gasteiger partial charge is 0.744 e. The molecule has 0 spiro atoms. The summed E-state index contributed by atoms with van der Waals surface area (Å²) >= 11 is 0. The zero-order valence-corrected chi connectivity index (χ0v) is 15.2. The van der Waals surface area contributed by atoms with Crippen LogP contribution in [0.25, 0.3) is 10.8 Å². The maximum absolute atomic E-state index is 11.3. The van der Waals surface area contributed by atoms with Gasteiger partial charge in [-0.05, 0) is 35.2 Å². The second-order valence-electron chi connectivity index (χ2n) is 4.37. The van der Waals surface area contributed by atoms with Gasteiger partial charge in [-0.25, -0.2) is 8.42 Å². The molecule has 2 rings (SSSR count). The molecule has 0 bridgehead atoms. The molecular formula is C14H15KO3S. The Bertz CT molecular complexity index is 665. The number of hydrogen-bond acceptors (Lipinski definition) is 3. The third kappa shape index (κ3) is 4.36. The van der Waals surface area contributed by atoms with Crippen molar-refractivity contribution in [3.63, 3.8) is 0 Å². The van der Waals surface area contributed by atoms with Gasteiger partial charge in [-0.2, -0.15) is 0 Å². The maximum atomic E-state index is 11.3. The fourth-order valence-electron chi connectivity index (χ4n) is 2.07. The molecule has 0 aliphatic rings. The molecule has 3 nitrogen and oxygen atoms in total. The van der Waals surface area contributed by atoms with Gasteiger partial charge in [0.2, 0.25) is 0 Å². The van der Waals surface area contributed by atoms with Gasteiger partial charge in [0.25, 0.3) is 0 Å². The molecular weight excluding hydrogens is 287 g/mol. The van der Waals surface area contributed by atoms with Crippen LogP contribution in [-0.4, -0.2) is 13.0 Å². The Morgan fingerprint density at radius 3 is 2.47 bits per heavy atom. The summed E-state index contributed by atoms with van der Waals surface area (Å²) in [4.78, 5) is -0.105. The minimum absolute atomic E-state index is 0. The van der Waals surface area contributed by atoms with E-state index >= 15 is 0 Å². The summed E-state index contributed by atoms with van der Waals surface area (Å²) in [6, 6.07) is 10.6. The van der Waals surface area contributed by atoms with Crippen LogP contribution in [0.4, 0.5) is 0 Å². The second kappa shape index (κ2) is 7.31. The molecule has 0 heterocycles. The summed E-state index contributed by atoms with van der Waals surface area (Å²) in [5.74, 6) is 0. The van der Waals surface area contributed by atoms with Gasteiger partial charge in [-0.3, -0.25) is 0 Å². The van der Waals surface area contributed by atoms with Crippen LogP contribution in [0, 0.1) is 0 Å². The molecule has 0 fully saturated rings. The molecule has 0 aliphatic heterocycles. The van der Waals surface area contributed by atoms with Crippen molar-refractivity contribution >= 4 is 20.9 Å². The summed E-state index contributed by atoms with van der Waals surface area (Å²) in [5, 5.41) is 1.31. The van der Waals surface area contributed by atoms with E-state index in [0.29, 0.717) is 5.39 Å². The second-order valence-corrected chi connectivity index (χ2v) is 5.72. The first-order valence-corrected chi connectivity index (χ1v) is 7.41. The predicted octanol–water partition coefficient (Wildman–Crippen LogP) is 0.0905. The van der Waals surface area contributed by atoms with E-state index in [2.05, 4.69) is 6.92 Å². The van der Waals surface area contributed by atoms with E-state index in [9.17, 15) is 13.0 Å². The zero-order chi connectivity index (χ0) is 13.2. The Morgan fingerprint density at radius 1 is 1.16 bits per heavy atom. The van der Waals surface area contributed by atoms with Gasteiger partial charge in [0.15, 0.2) is 0 Å². The van der Waals surface area contributed by atoms with E-state index < -0.39 is 10.1 Å². The largest absolute Gasteiger partial charge is 1.00 e. The topological polar surface area (TPSA) is 57.2 Å². The predicted molar refractivity (Wildman–Crippen MR) is 70.5 cm³/mol. The molecule has 0 saturated heterocycles. The molecule has 0 amide bonds. The van der Waals surface area contributed by atoms with Crippen molar-refractivity contribution < 1.29 is 64.4 Å². The van der Waals surface area contributed by atoms with Gasteiger partial charge in [0.05, 0.1) is 4.90 Å². The fourth-order valence-corrected chi connectivity index (χ4v) is 2.82. The van der Waals surface area contributed by atoms with Crippen molar-refractivity contribution in [1.29, 1.82) is 0 Å². The van der Waals surface area contributed by atoms with Crippen LogP contribution in [0.1, 0.15) is 25.3 Å². The van der Waals surface area contributed by atoms with Gasteiger partial charge in [0, 0.05) is 0 Å². The molecule has 0 aliphatic carbocycles. The molecule has 0 atom stereocenters. The Labute approximate surface area is 156 Å². The van der Waals surface area contributed by atoms with Crippen LogP contribution in [0.15, 0.2) is 41.3 Å². The first-order valence-electron chi connectivity index (χ1n) is 6.00. The van der Waals surface area contributed by atoms with E-state index in [1.807, 2.05) is 18.2 Å². The van der Waals surface area contributed by atoms with E-state index in [0.717, 1.165) is 30.2 Å². The summed E-state index contributed by atoms with van der Waals surface area (Å²) in [6.07, 6.45) is 2.81. The molecule has 0 N–H and O–H groups in total. The number of fused-ring (bicyclic) bond motifs is 1. The molecule has 0 aromatic heterocycles. The maximum Gasteiger partial charge on any atom is 1.00 e. The third-order valence-electron chi connectivity index (χ3n) is 2.97. The molecule has 2 aromatic rings. The van der Waals surface area contributed by atoms with E-state index in [4.69, 9.17) is 0 Å². The molecule has 0 saturated carbocycles. The van der Waals surface area contributed by atoms with Gasteiger partial charge in [-0.15, -0.1) is 0 Å². The molecule has 0 radical (unpaired) electrons. The van der Waals surface area contributed by atoms with Crippen molar-refractivity contribution in [3.05, 3.63) is 42.0 Å². The Hall–Kier alpha value is 0.246. The Morgan fingerprint density at radius 2 is 1.84 bits per heavy atom. The average Bonchev–Trinajstić information content (AvgIpc) is 2.34. The van der Waals surface area contributed by atoms with Crippen LogP contribution in [0.3, 0.4) is 0 Å². The van der Waals surface area contributed by atoms with Crippen molar-refractivity contribution in [1.82, 2.24) is 0 Å². The first-order chi connectivity index (χ1) is 8.52. The zero-order valence-electron chi connectivity index (χ0n) is 11.2. The van der Waals surface area contributed by atoms with E-state index in [-0.39, 0.29) is 56.3 Å². The quantitative estimate of drug-likeness (QED) is 0.594. The van der Waals surface area contributed by atoms with Crippen LogP contribution in [-0.2, 0) is 16.5 Å².